The zero-order chi connectivity index (χ0) is 16.4. The quantitative estimate of drug-likeness (QED) is 0.745. The smallest absolute Gasteiger partial charge is 0.337 e. The molecule has 2 aromatic heterocycles. The number of aromatic nitrogens is 1. The predicted molar refractivity (Wildman–Crippen MR) is 88.6 cm³/mol. The summed E-state index contributed by atoms with van der Waals surface area (Å²) in [4.78, 5) is 23.7. The number of benzene rings is 1. The Morgan fingerprint density at radius 1 is 1.09 bits per heavy atom. The summed E-state index contributed by atoms with van der Waals surface area (Å²) in [5.74, 6) is 0. The van der Waals surface area contributed by atoms with Crippen LogP contribution in [0.2, 0.25) is 0 Å². The van der Waals surface area contributed by atoms with Gasteiger partial charge in [-0.3, -0.25) is 0 Å². The summed E-state index contributed by atoms with van der Waals surface area (Å²) in [6, 6.07) is 7.62. The summed E-state index contributed by atoms with van der Waals surface area (Å²) in [7, 11) is 1.83. The highest BCUT2D eigenvalue weighted by molar-refractivity contribution is 6.00. The Labute approximate surface area is 132 Å². The molecule has 0 fully saturated rings. The maximum Gasteiger partial charge on any atom is 0.337 e. The highest BCUT2D eigenvalue weighted by Crippen LogP contribution is 2.29. The van der Waals surface area contributed by atoms with Gasteiger partial charge in [-0.2, -0.15) is 0 Å². The van der Waals surface area contributed by atoms with E-state index in [1.165, 1.54) is 0 Å². The molecule has 3 rings (SSSR count). The third kappa shape index (κ3) is 2.85. The number of likely N-dealkylation sites (N-methyl/N-ethyl adjacent to an activating group) is 1. The second kappa shape index (κ2) is 6.26. The molecule has 1 N–H and O–H groups in total. The van der Waals surface area contributed by atoms with E-state index in [0.717, 1.165) is 41.7 Å². The van der Waals surface area contributed by atoms with Crippen molar-refractivity contribution in [3.63, 3.8) is 0 Å². The summed E-state index contributed by atoms with van der Waals surface area (Å²) < 4.78 is 12.7. The standard InChI is InChI=1S/C17H18N2O4/c1-3-18-10-9-11-16-12-5-4-6-13(16)22-14(20)7-8-15(21)23-17(11)19(12)2/h4-8,18H,3,9-10H2,1-2H3. The lowest BCUT2D eigenvalue weighted by Gasteiger charge is -2.01. The van der Waals surface area contributed by atoms with E-state index in [0.29, 0.717) is 17.7 Å². The average molecular weight is 314 g/mol. The minimum Gasteiger partial charge on any atom is -0.423 e. The van der Waals surface area contributed by atoms with Crippen molar-refractivity contribution in [1.29, 1.82) is 0 Å². The molecule has 6 nitrogen and oxygen atoms in total. The van der Waals surface area contributed by atoms with Gasteiger partial charge in [-0.05, 0) is 31.6 Å². The van der Waals surface area contributed by atoms with Crippen LogP contribution in [-0.2, 0) is 13.5 Å². The van der Waals surface area contributed by atoms with E-state index in [-0.39, 0.29) is 0 Å². The van der Waals surface area contributed by atoms with E-state index in [1.807, 2.05) is 30.7 Å². The number of fused-ring (bicyclic) bond motifs is 1. The van der Waals surface area contributed by atoms with Gasteiger partial charge in [-0.15, -0.1) is 0 Å². The summed E-state index contributed by atoms with van der Waals surface area (Å²) in [6.45, 7) is 3.61. The molecule has 0 aliphatic carbocycles. The Kier molecular flexibility index (Phi) is 4.16. The summed E-state index contributed by atoms with van der Waals surface area (Å²) in [5, 5.41) is 4.06. The molecule has 0 atom stereocenters. The maximum absolute atomic E-state index is 11.9. The third-order valence-electron chi connectivity index (χ3n) is 3.80. The van der Waals surface area contributed by atoms with Gasteiger partial charge in [0.05, 0.1) is 5.52 Å². The lowest BCUT2D eigenvalue weighted by atomic mass is 10.1. The Bertz CT molecular complexity index is 995. The number of hydrogen-bond acceptors (Lipinski definition) is 5. The van der Waals surface area contributed by atoms with Gasteiger partial charge >= 0.3 is 11.3 Å². The van der Waals surface area contributed by atoms with Gasteiger partial charge in [0.25, 0.3) is 0 Å². The number of hydrogen-bond donors (Lipinski definition) is 1. The predicted octanol–water partition coefficient (Wildman–Crippen LogP) is 1.95. The van der Waals surface area contributed by atoms with Crippen LogP contribution in [0.1, 0.15) is 12.5 Å². The maximum atomic E-state index is 11.9. The zero-order valence-corrected chi connectivity index (χ0v) is 13.1. The summed E-state index contributed by atoms with van der Waals surface area (Å²) in [6.07, 6.45) is 0.659. The van der Waals surface area contributed by atoms with Crippen molar-refractivity contribution in [3.05, 3.63) is 56.7 Å². The Morgan fingerprint density at radius 2 is 1.83 bits per heavy atom. The second-order valence-corrected chi connectivity index (χ2v) is 5.27. The van der Waals surface area contributed by atoms with Crippen LogP contribution in [0.5, 0.6) is 0 Å². The van der Waals surface area contributed by atoms with Gasteiger partial charge in [-0.25, -0.2) is 9.59 Å². The molecule has 0 saturated carbocycles. The first kappa shape index (κ1) is 15.3. The minimum atomic E-state index is -0.598. The molecule has 0 aliphatic heterocycles. The Hall–Kier alpha value is -2.60. The molecule has 6 heteroatoms. The number of aryl methyl sites for hydroxylation is 1. The molecule has 0 aliphatic rings. The van der Waals surface area contributed by atoms with Gasteiger partial charge in [0.2, 0.25) is 5.71 Å². The normalized spacial score (nSPS) is 11.2. The van der Waals surface area contributed by atoms with E-state index in [1.54, 1.807) is 6.07 Å². The first-order valence-electron chi connectivity index (χ1n) is 7.54. The van der Waals surface area contributed by atoms with Gasteiger partial charge in [0.1, 0.15) is 5.58 Å². The van der Waals surface area contributed by atoms with Crippen LogP contribution in [0, 0.1) is 0 Å². The SMILES string of the molecule is CCNCCc1c2c3cccc2n(C)c1oc(=O)ccc(=O)o3. The Morgan fingerprint density at radius 3 is 2.57 bits per heavy atom. The van der Waals surface area contributed by atoms with Crippen molar-refractivity contribution in [2.75, 3.05) is 13.1 Å². The fourth-order valence-electron chi connectivity index (χ4n) is 2.77. The van der Waals surface area contributed by atoms with Gasteiger partial charge in [0.15, 0.2) is 0 Å². The topological polar surface area (TPSA) is 77.4 Å². The first-order valence-corrected chi connectivity index (χ1v) is 7.54. The molecule has 23 heavy (non-hydrogen) atoms. The fourth-order valence-corrected chi connectivity index (χ4v) is 2.77. The number of nitrogens with one attached hydrogen (secondary N) is 1. The Balaban J connectivity index is 2.47. The van der Waals surface area contributed by atoms with Crippen molar-refractivity contribution in [1.82, 2.24) is 9.88 Å². The fraction of sp³-hybridized carbons (Fsp3) is 0.294. The molecule has 0 unspecified atom stereocenters. The van der Waals surface area contributed by atoms with Crippen molar-refractivity contribution in [3.8, 4) is 0 Å². The van der Waals surface area contributed by atoms with E-state index in [4.69, 9.17) is 8.83 Å². The number of nitrogens with zero attached hydrogens (tertiary/aromatic N) is 1. The molecule has 0 amide bonds. The van der Waals surface area contributed by atoms with E-state index < -0.39 is 11.3 Å². The van der Waals surface area contributed by atoms with Crippen LogP contribution >= 0.6 is 0 Å². The van der Waals surface area contributed by atoms with E-state index in [9.17, 15) is 9.59 Å². The molecule has 120 valence electrons. The minimum absolute atomic E-state index is 0.475. The lowest BCUT2D eigenvalue weighted by Crippen LogP contribution is -2.16. The molecule has 0 saturated heterocycles. The van der Waals surface area contributed by atoms with E-state index in [2.05, 4.69) is 5.32 Å². The molecule has 2 heterocycles. The van der Waals surface area contributed by atoms with Crippen molar-refractivity contribution in [2.45, 2.75) is 13.3 Å². The molecule has 1 aromatic carbocycles. The number of rotatable bonds is 4. The average Bonchev–Trinajstić information content (AvgIpc) is 2.79. The summed E-state index contributed by atoms with van der Waals surface area (Å²) >= 11 is 0. The van der Waals surface area contributed by atoms with Crippen LogP contribution < -0.4 is 16.6 Å². The molecule has 2 bridgehead atoms. The summed E-state index contributed by atoms with van der Waals surface area (Å²) in [5.41, 5.74) is 1.48. The van der Waals surface area contributed by atoms with Gasteiger partial charge in [0, 0.05) is 30.1 Å². The van der Waals surface area contributed by atoms with Crippen LogP contribution in [-0.4, -0.2) is 17.7 Å². The van der Waals surface area contributed by atoms with Crippen molar-refractivity contribution >= 4 is 22.2 Å². The largest absolute Gasteiger partial charge is 0.423 e. The molecule has 0 spiro atoms. The van der Waals surface area contributed by atoms with Crippen LogP contribution in [0.4, 0.5) is 0 Å². The monoisotopic (exact) mass is 314 g/mol. The molecule has 0 radical (unpaired) electrons. The van der Waals surface area contributed by atoms with Crippen molar-refractivity contribution in [2.24, 2.45) is 7.05 Å². The molecular formula is C17H18N2O4. The lowest BCUT2D eigenvalue weighted by molar-refractivity contribution is 0.529. The van der Waals surface area contributed by atoms with Gasteiger partial charge in [-0.1, -0.05) is 13.0 Å². The third-order valence-corrected chi connectivity index (χ3v) is 3.80. The van der Waals surface area contributed by atoms with Crippen LogP contribution in [0.25, 0.3) is 22.2 Å². The van der Waals surface area contributed by atoms with Crippen LogP contribution in [0.15, 0.2) is 48.8 Å². The molecular weight excluding hydrogens is 296 g/mol. The first-order chi connectivity index (χ1) is 11.1. The van der Waals surface area contributed by atoms with Crippen molar-refractivity contribution < 1.29 is 8.83 Å². The van der Waals surface area contributed by atoms with E-state index >= 15 is 0 Å². The highest BCUT2D eigenvalue weighted by Gasteiger charge is 2.16. The zero-order valence-electron chi connectivity index (χ0n) is 13.1. The van der Waals surface area contributed by atoms with Crippen LogP contribution in [0.3, 0.4) is 0 Å². The second-order valence-electron chi connectivity index (χ2n) is 5.27. The van der Waals surface area contributed by atoms with Gasteiger partial charge < -0.3 is 18.7 Å². The highest BCUT2D eigenvalue weighted by atomic mass is 16.4. The molecule has 3 aromatic rings.